The first kappa shape index (κ1) is 20.1. The van der Waals surface area contributed by atoms with Crippen LogP contribution in [0, 0.1) is 11.8 Å². The molecule has 0 heterocycles. The molecule has 2 rings (SSSR count). The normalized spacial score (nSPS) is 26.2. The summed E-state index contributed by atoms with van der Waals surface area (Å²) in [6.07, 6.45) is 6.43. The maximum atomic E-state index is 10.5. The molecule has 0 unspecified atom stereocenters. The molecule has 2 N–H and O–H groups in total. The van der Waals surface area contributed by atoms with Crippen LogP contribution in [0.5, 0.6) is 5.75 Å². The number of ether oxygens (including phenoxy) is 1. The first-order valence-electron chi connectivity index (χ1n) is 8.54. The van der Waals surface area contributed by atoms with Crippen molar-refractivity contribution in [3.05, 3.63) is 41.4 Å². The highest BCUT2D eigenvalue weighted by Gasteiger charge is 2.41. The molecule has 0 saturated heterocycles. The molecule has 1 saturated carbocycles. The Morgan fingerprint density at radius 3 is 2.64 bits per heavy atom. The largest absolute Gasteiger partial charge is 0.493 e. The summed E-state index contributed by atoms with van der Waals surface area (Å²) in [5.74, 6) is 0.0617. The van der Waals surface area contributed by atoms with Gasteiger partial charge >= 0.3 is 5.97 Å². The lowest BCUT2D eigenvalue weighted by Gasteiger charge is -2.22. The third-order valence-electron chi connectivity index (χ3n) is 4.57. The Labute approximate surface area is 158 Å². The van der Waals surface area contributed by atoms with E-state index in [1.807, 2.05) is 12.2 Å². The number of unbranched alkanes of at least 4 members (excludes halogenated alkanes) is 1. The van der Waals surface area contributed by atoms with Crippen molar-refractivity contribution in [1.82, 2.24) is 0 Å². The average Bonchev–Trinajstić information content (AvgIpc) is 2.83. The second kappa shape index (κ2) is 10.0. The molecule has 4 nitrogen and oxygen atoms in total. The molecule has 1 fully saturated rings. The second-order valence-corrected chi connectivity index (χ2v) is 7.40. The van der Waals surface area contributed by atoms with Crippen LogP contribution in [0.4, 0.5) is 0 Å². The molecule has 138 valence electrons. The quantitative estimate of drug-likeness (QED) is 0.371. The summed E-state index contributed by atoms with van der Waals surface area (Å²) in [5.41, 5.74) is 0. The summed E-state index contributed by atoms with van der Waals surface area (Å²) in [6, 6.07) is 7.14. The molecule has 1 aliphatic rings. The highest BCUT2D eigenvalue weighted by molar-refractivity contribution is 6.30. The van der Waals surface area contributed by atoms with Crippen molar-refractivity contribution in [2.24, 2.45) is 11.8 Å². The molecule has 1 aromatic rings. The van der Waals surface area contributed by atoms with Gasteiger partial charge in [0.1, 0.15) is 5.75 Å². The van der Waals surface area contributed by atoms with Crippen LogP contribution in [0.15, 0.2) is 36.4 Å². The topological polar surface area (TPSA) is 66.8 Å². The number of rotatable bonds is 9. The van der Waals surface area contributed by atoms with Crippen LogP contribution in [-0.4, -0.2) is 34.3 Å². The van der Waals surface area contributed by atoms with Crippen LogP contribution >= 0.6 is 23.2 Å². The van der Waals surface area contributed by atoms with Gasteiger partial charge < -0.3 is 14.9 Å². The van der Waals surface area contributed by atoms with Crippen LogP contribution in [0.2, 0.25) is 5.02 Å². The minimum Gasteiger partial charge on any atom is -0.493 e. The molecule has 0 radical (unpaired) electrons. The third-order valence-corrected chi connectivity index (χ3v) is 5.32. The average molecular weight is 387 g/mol. The molecular formula is C19H24Cl2O4. The Morgan fingerprint density at radius 1 is 1.24 bits per heavy atom. The van der Waals surface area contributed by atoms with Gasteiger partial charge in [-0.25, -0.2) is 0 Å². The SMILES string of the molecule is O=C(O)CCC/C=C\C[C@@H]1[C@@H](COc2ccc(Cl)cc2)[C@H](O)C[C@H]1Cl. The number of aliphatic carboxylic acids is 1. The van der Waals surface area contributed by atoms with Gasteiger partial charge in [-0.2, -0.15) is 0 Å². The number of hydrogen-bond acceptors (Lipinski definition) is 3. The number of carboxylic acid groups (broad SMARTS) is 1. The zero-order valence-corrected chi connectivity index (χ0v) is 15.5. The molecule has 0 spiro atoms. The van der Waals surface area contributed by atoms with Gasteiger partial charge in [0.15, 0.2) is 0 Å². The van der Waals surface area contributed by atoms with Crippen molar-refractivity contribution in [1.29, 1.82) is 0 Å². The van der Waals surface area contributed by atoms with E-state index in [0.29, 0.717) is 24.5 Å². The van der Waals surface area contributed by atoms with Gasteiger partial charge in [-0.15, -0.1) is 11.6 Å². The van der Waals surface area contributed by atoms with Crippen LogP contribution in [0.1, 0.15) is 32.1 Å². The smallest absolute Gasteiger partial charge is 0.303 e. The summed E-state index contributed by atoms with van der Waals surface area (Å²) in [5, 5.41) is 19.5. The summed E-state index contributed by atoms with van der Waals surface area (Å²) in [4.78, 5) is 10.5. The summed E-state index contributed by atoms with van der Waals surface area (Å²) >= 11 is 12.3. The lowest BCUT2D eigenvalue weighted by molar-refractivity contribution is -0.137. The van der Waals surface area contributed by atoms with E-state index in [2.05, 4.69) is 0 Å². The number of hydrogen-bond donors (Lipinski definition) is 2. The van der Waals surface area contributed by atoms with Crippen molar-refractivity contribution >= 4 is 29.2 Å². The van der Waals surface area contributed by atoms with Gasteiger partial charge in [0.05, 0.1) is 12.7 Å². The van der Waals surface area contributed by atoms with E-state index in [1.165, 1.54) is 0 Å². The maximum Gasteiger partial charge on any atom is 0.303 e. The number of halogens is 2. The first-order chi connectivity index (χ1) is 12.0. The molecule has 1 aliphatic carbocycles. The van der Waals surface area contributed by atoms with Crippen molar-refractivity contribution in [2.45, 2.75) is 43.6 Å². The minimum atomic E-state index is -0.771. The third kappa shape index (κ3) is 6.53. The molecule has 0 aliphatic heterocycles. The fourth-order valence-electron chi connectivity index (χ4n) is 3.16. The van der Waals surface area contributed by atoms with Crippen molar-refractivity contribution in [3.63, 3.8) is 0 Å². The number of carbonyl (C=O) groups is 1. The highest BCUT2D eigenvalue weighted by atomic mass is 35.5. The second-order valence-electron chi connectivity index (χ2n) is 6.40. The Kier molecular flexibility index (Phi) is 8.07. The molecule has 0 bridgehead atoms. The standard InChI is InChI=1S/C19H24Cl2O4/c20-13-7-9-14(10-8-13)25-12-16-15(17(21)11-18(16)22)5-3-1-2-4-6-19(23)24/h1,3,7-10,15-18,22H,2,4-6,11-12H2,(H,23,24)/b3-1-/t15-,16-,17-,18-/m1/s1. The van der Waals surface area contributed by atoms with Crippen molar-refractivity contribution in [3.8, 4) is 5.75 Å². The van der Waals surface area contributed by atoms with Crippen LogP contribution in [0.3, 0.4) is 0 Å². The molecule has 0 aromatic heterocycles. The number of aliphatic hydroxyl groups is 1. The summed E-state index contributed by atoms with van der Waals surface area (Å²) in [7, 11) is 0. The number of carboxylic acids is 1. The fourth-order valence-corrected chi connectivity index (χ4v) is 3.75. The van der Waals surface area contributed by atoms with Gasteiger partial charge in [-0.05, 0) is 55.9 Å². The molecule has 25 heavy (non-hydrogen) atoms. The molecule has 6 heteroatoms. The fraction of sp³-hybridized carbons (Fsp3) is 0.526. The van der Waals surface area contributed by atoms with Gasteiger partial charge in [-0.3, -0.25) is 4.79 Å². The zero-order chi connectivity index (χ0) is 18.2. The summed E-state index contributed by atoms with van der Waals surface area (Å²) < 4.78 is 5.80. The van der Waals surface area contributed by atoms with E-state index in [9.17, 15) is 9.90 Å². The van der Waals surface area contributed by atoms with E-state index in [1.54, 1.807) is 24.3 Å². The van der Waals surface area contributed by atoms with E-state index in [4.69, 9.17) is 33.0 Å². The van der Waals surface area contributed by atoms with E-state index < -0.39 is 12.1 Å². The molecule has 4 atom stereocenters. The number of alkyl halides is 1. The van der Waals surface area contributed by atoms with Crippen LogP contribution in [-0.2, 0) is 4.79 Å². The molecule has 1 aromatic carbocycles. The Balaban J connectivity index is 1.83. The van der Waals surface area contributed by atoms with Gasteiger partial charge in [0.2, 0.25) is 0 Å². The zero-order valence-electron chi connectivity index (χ0n) is 14.0. The predicted octanol–water partition coefficient (Wildman–Crippen LogP) is 4.52. The van der Waals surface area contributed by atoms with E-state index >= 15 is 0 Å². The van der Waals surface area contributed by atoms with Gasteiger partial charge in [0, 0.05) is 22.7 Å². The molecule has 0 amide bonds. The van der Waals surface area contributed by atoms with Gasteiger partial charge in [0.25, 0.3) is 0 Å². The van der Waals surface area contributed by atoms with Gasteiger partial charge in [-0.1, -0.05) is 23.8 Å². The monoisotopic (exact) mass is 386 g/mol. The minimum absolute atomic E-state index is 0.0261. The predicted molar refractivity (Wildman–Crippen MR) is 99.4 cm³/mol. The Hall–Kier alpha value is -1.23. The summed E-state index contributed by atoms with van der Waals surface area (Å²) in [6.45, 7) is 0.406. The number of benzene rings is 1. The first-order valence-corrected chi connectivity index (χ1v) is 9.36. The lowest BCUT2D eigenvalue weighted by atomic mass is 9.92. The molecular weight excluding hydrogens is 363 g/mol. The van der Waals surface area contributed by atoms with E-state index in [-0.39, 0.29) is 23.6 Å². The van der Waals surface area contributed by atoms with Crippen LogP contribution in [0.25, 0.3) is 0 Å². The highest BCUT2D eigenvalue weighted by Crippen LogP contribution is 2.39. The van der Waals surface area contributed by atoms with Crippen LogP contribution < -0.4 is 4.74 Å². The number of aliphatic hydroxyl groups excluding tert-OH is 1. The maximum absolute atomic E-state index is 10.5. The lowest BCUT2D eigenvalue weighted by Crippen LogP contribution is -2.27. The van der Waals surface area contributed by atoms with Crippen molar-refractivity contribution in [2.75, 3.05) is 6.61 Å². The Bertz CT molecular complexity index is 573. The number of allylic oxidation sites excluding steroid dienone is 2. The Morgan fingerprint density at radius 2 is 1.96 bits per heavy atom. The van der Waals surface area contributed by atoms with E-state index in [0.717, 1.165) is 18.6 Å². The van der Waals surface area contributed by atoms with Crippen molar-refractivity contribution < 1.29 is 19.7 Å².